The molecule has 0 fully saturated rings. The number of fused-ring (bicyclic) bond motifs is 1. The van der Waals surface area contributed by atoms with Crippen LogP contribution in [0.1, 0.15) is 0 Å². The summed E-state index contributed by atoms with van der Waals surface area (Å²) in [5.74, 6) is 1.39. The van der Waals surface area contributed by atoms with Gasteiger partial charge in [0.2, 0.25) is 6.23 Å². The maximum absolute atomic E-state index is 11.2. The molecule has 1 aromatic heterocycles. The van der Waals surface area contributed by atoms with E-state index in [1.54, 1.807) is 24.1 Å². The first-order valence-electron chi connectivity index (χ1n) is 6.11. The molecule has 3 rings (SSSR count). The Labute approximate surface area is 126 Å². The third-order valence-corrected chi connectivity index (χ3v) is 4.74. The lowest BCUT2D eigenvalue weighted by molar-refractivity contribution is 0.0930. The van der Waals surface area contributed by atoms with E-state index < -0.39 is 10.1 Å². The van der Waals surface area contributed by atoms with Crippen LogP contribution >= 0.6 is 11.3 Å². The average Bonchev–Trinajstić information content (AvgIpc) is 2.93. The van der Waals surface area contributed by atoms with Gasteiger partial charge >= 0.3 is 0 Å². The molecule has 0 saturated carbocycles. The van der Waals surface area contributed by atoms with Crippen LogP contribution in [-0.2, 0) is 10.1 Å². The number of thiophene rings is 1. The molecule has 1 atom stereocenters. The molecule has 0 spiro atoms. The second-order valence-corrected chi connectivity index (χ2v) is 6.73. The zero-order valence-corrected chi connectivity index (χ0v) is 12.7. The summed E-state index contributed by atoms with van der Waals surface area (Å²) >= 11 is 1.49. The number of ether oxygens (including phenoxy) is 2. The Morgan fingerprint density at radius 1 is 1.33 bits per heavy atom. The normalized spacial score (nSPS) is 17.5. The topological polar surface area (TPSA) is 76.1 Å². The minimum Gasteiger partial charge on any atom is -0.483 e. The second kappa shape index (κ2) is 5.21. The minimum absolute atomic E-state index is 0.153. The number of hydrogen-bond donors (Lipinski definition) is 1. The van der Waals surface area contributed by atoms with Crippen LogP contribution in [0.15, 0.2) is 39.9 Å². The van der Waals surface area contributed by atoms with Crippen molar-refractivity contribution in [3.63, 3.8) is 0 Å². The summed E-state index contributed by atoms with van der Waals surface area (Å²) in [7, 11) is -2.45. The maximum atomic E-state index is 11.2. The molecule has 1 aromatic carbocycles. The van der Waals surface area contributed by atoms with Crippen molar-refractivity contribution in [3.8, 4) is 11.5 Å². The smallest absolute Gasteiger partial charge is 0.294 e. The molecule has 0 saturated heterocycles. The molecule has 0 amide bonds. The number of likely N-dealkylation sites (N-methyl/N-ethyl adjacent to an activating group) is 1. The number of nitrogens with zero attached hydrogens (tertiary/aromatic N) is 1. The summed E-state index contributed by atoms with van der Waals surface area (Å²) in [6, 6.07) is 6.03. The van der Waals surface area contributed by atoms with Crippen LogP contribution in [0.3, 0.4) is 0 Å². The Hall–Kier alpha value is -1.77. The fraction of sp³-hybridized carbons (Fsp3) is 0.231. The van der Waals surface area contributed by atoms with Crippen molar-refractivity contribution in [1.29, 1.82) is 0 Å². The third-order valence-electron chi connectivity index (χ3n) is 3.19. The van der Waals surface area contributed by atoms with Gasteiger partial charge in [-0.25, -0.2) is 0 Å². The van der Waals surface area contributed by atoms with Gasteiger partial charge in [-0.05, 0) is 18.2 Å². The van der Waals surface area contributed by atoms with Gasteiger partial charge in [0, 0.05) is 23.5 Å². The fourth-order valence-electron chi connectivity index (χ4n) is 2.03. The predicted molar refractivity (Wildman–Crippen MR) is 78.9 cm³/mol. The first-order valence-corrected chi connectivity index (χ1v) is 8.49. The predicted octanol–water partition coefficient (Wildman–Crippen LogP) is 2.23. The van der Waals surface area contributed by atoms with Crippen molar-refractivity contribution < 1.29 is 22.4 Å². The summed E-state index contributed by atoms with van der Waals surface area (Å²) < 4.78 is 42.9. The van der Waals surface area contributed by atoms with Crippen molar-refractivity contribution in [2.45, 2.75) is 11.1 Å². The van der Waals surface area contributed by atoms with Crippen LogP contribution in [0.2, 0.25) is 0 Å². The SMILES string of the molecule is CN(c1cccc(S(=O)(=O)O)c1)C1COc2cscc2O1. The molecule has 8 heteroatoms. The lowest BCUT2D eigenvalue weighted by Gasteiger charge is -2.33. The Kier molecular flexibility index (Phi) is 3.52. The molecule has 1 aliphatic heterocycles. The van der Waals surface area contributed by atoms with Gasteiger partial charge in [-0.15, -0.1) is 11.3 Å². The minimum atomic E-state index is -4.23. The maximum Gasteiger partial charge on any atom is 0.294 e. The molecule has 1 unspecified atom stereocenters. The summed E-state index contributed by atoms with van der Waals surface area (Å²) in [5.41, 5.74) is 0.609. The van der Waals surface area contributed by atoms with Gasteiger partial charge in [0.05, 0.1) is 4.90 Å². The number of anilines is 1. The molecule has 0 aliphatic carbocycles. The Morgan fingerprint density at radius 2 is 2.10 bits per heavy atom. The van der Waals surface area contributed by atoms with Gasteiger partial charge < -0.3 is 14.4 Å². The zero-order valence-electron chi connectivity index (χ0n) is 11.1. The van der Waals surface area contributed by atoms with Gasteiger partial charge in [0.15, 0.2) is 11.5 Å². The second-order valence-electron chi connectivity index (χ2n) is 4.57. The van der Waals surface area contributed by atoms with E-state index in [0.717, 1.165) is 5.75 Å². The Bertz CT molecular complexity index is 755. The van der Waals surface area contributed by atoms with Gasteiger partial charge in [-0.3, -0.25) is 4.55 Å². The van der Waals surface area contributed by atoms with E-state index in [4.69, 9.17) is 14.0 Å². The molecule has 21 heavy (non-hydrogen) atoms. The first-order chi connectivity index (χ1) is 9.95. The fourth-order valence-corrected chi connectivity index (χ4v) is 3.22. The van der Waals surface area contributed by atoms with Crippen LogP contribution in [0.4, 0.5) is 5.69 Å². The summed E-state index contributed by atoms with van der Waals surface area (Å²) in [4.78, 5) is 1.61. The third kappa shape index (κ3) is 2.82. The quantitative estimate of drug-likeness (QED) is 0.871. The number of benzene rings is 1. The van der Waals surface area contributed by atoms with E-state index in [1.165, 1.54) is 23.5 Å². The molecule has 112 valence electrons. The molecular formula is C13H13NO5S2. The zero-order chi connectivity index (χ0) is 15.0. The van der Waals surface area contributed by atoms with Crippen molar-refractivity contribution in [1.82, 2.24) is 0 Å². The van der Waals surface area contributed by atoms with E-state index >= 15 is 0 Å². The average molecular weight is 327 g/mol. The van der Waals surface area contributed by atoms with Gasteiger partial charge in [-0.2, -0.15) is 8.42 Å². The largest absolute Gasteiger partial charge is 0.483 e. The van der Waals surface area contributed by atoms with Gasteiger partial charge in [-0.1, -0.05) is 6.07 Å². The van der Waals surface area contributed by atoms with Gasteiger partial charge in [0.1, 0.15) is 6.61 Å². The van der Waals surface area contributed by atoms with E-state index in [0.29, 0.717) is 18.0 Å². The Morgan fingerprint density at radius 3 is 2.86 bits per heavy atom. The highest BCUT2D eigenvalue weighted by Crippen LogP contribution is 2.36. The van der Waals surface area contributed by atoms with Crippen molar-refractivity contribution in [2.75, 3.05) is 18.6 Å². The molecule has 2 heterocycles. The van der Waals surface area contributed by atoms with E-state index in [9.17, 15) is 8.42 Å². The lowest BCUT2D eigenvalue weighted by atomic mass is 10.3. The lowest BCUT2D eigenvalue weighted by Crippen LogP contribution is -2.43. The highest BCUT2D eigenvalue weighted by Gasteiger charge is 2.26. The van der Waals surface area contributed by atoms with Gasteiger partial charge in [0.25, 0.3) is 10.1 Å². The van der Waals surface area contributed by atoms with Crippen LogP contribution < -0.4 is 14.4 Å². The molecule has 0 bridgehead atoms. The van der Waals surface area contributed by atoms with Crippen molar-refractivity contribution in [2.24, 2.45) is 0 Å². The molecule has 1 aliphatic rings. The molecule has 1 N–H and O–H groups in total. The van der Waals surface area contributed by atoms with Crippen LogP contribution in [0.25, 0.3) is 0 Å². The first kappa shape index (κ1) is 14.2. The Balaban J connectivity index is 1.85. The van der Waals surface area contributed by atoms with Crippen LogP contribution in [0, 0.1) is 0 Å². The van der Waals surface area contributed by atoms with Crippen molar-refractivity contribution in [3.05, 3.63) is 35.0 Å². The number of hydrogen-bond acceptors (Lipinski definition) is 6. The molecule has 6 nitrogen and oxygen atoms in total. The van der Waals surface area contributed by atoms with Crippen LogP contribution in [0.5, 0.6) is 11.5 Å². The highest BCUT2D eigenvalue weighted by molar-refractivity contribution is 7.85. The summed E-state index contributed by atoms with van der Waals surface area (Å²) in [6.45, 7) is 0.330. The van der Waals surface area contributed by atoms with E-state index in [-0.39, 0.29) is 11.1 Å². The molecular weight excluding hydrogens is 314 g/mol. The monoisotopic (exact) mass is 327 g/mol. The van der Waals surface area contributed by atoms with E-state index in [2.05, 4.69) is 0 Å². The standard InChI is InChI=1S/C13H13NO5S2/c1-14(9-3-2-4-10(5-9)21(15,16)17)13-6-18-11-7-20-8-12(11)19-13/h2-5,7-8,13H,6H2,1H3,(H,15,16,17). The summed E-state index contributed by atoms with van der Waals surface area (Å²) in [6.07, 6.45) is -0.372. The van der Waals surface area contributed by atoms with Crippen molar-refractivity contribution >= 4 is 27.1 Å². The molecule has 0 radical (unpaired) electrons. The summed E-state index contributed by atoms with van der Waals surface area (Å²) in [5, 5.41) is 3.72. The van der Waals surface area contributed by atoms with Crippen LogP contribution in [-0.4, -0.2) is 32.9 Å². The highest BCUT2D eigenvalue weighted by atomic mass is 32.2. The molecule has 2 aromatic rings. The van der Waals surface area contributed by atoms with E-state index in [1.807, 2.05) is 10.8 Å². The number of rotatable bonds is 3.